The van der Waals surface area contributed by atoms with Crippen LogP contribution >= 0.6 is 0 Å². The van der Waals surface area contributed by atoms with Crippen molar-refractivity contribution >= 4 is 5.91 Å². The number of carbonyl (C=O) groups excluding carboxylic acids is 1. The molecule has 0 unspecified atom stereocenters. The number of amides is 1. The molecule has 1 saturated carbocycles. The Morgan fingerprint density at radius 2 is 2.33 bits per heavy atom. The van der Waals surface area contributed by atoms with Gasteiger partial charge < -0.3 is 19.8 Å². The molecule has 1 aromatic rings. The minimum atomic E-state index is -1.27. The molecule has 116 valence electrons. The lowest BCUT2D eigenvalue weighted by Gasteiger charge is -2.41. The fourth-order valence-corrected chi connectivity index (χ4v) is 3.12. The Bertz CT molecular complexity index is 473. The second-order valence-corrected chi connectivity index (χ2v) is 6.28. The Morgan fingerprint density at radius 1 is 1.48 bits per heavy atom. The van der Waals surface area contributed by atoms with Crippen molar-refractivity contribution in [1.29, 1.82) is 0 Å². The number of aromatic nitrogens is 1. The van der Waals surface area contributed by atoms with Gasteiger partial charge in [-0.15, -0.1) is 0 Å². The van der Waals surface area contributed by atoms with Crippen molar-refractivity contribution < 1.29 is 14.4 Å². The fourth-order valence-electron chi connectivity index (χ4n) is 3.12. The van der Waals surface area contributed by atoms with E-state index in [1.807, 2.05) is 4.90 Å². The van der Waals surface area contributed by atoms with Gasteiger partial charge in [-0.1, -0.05) is 11.6 Å². The number of likely N-dealkylation sites (tertiary alicyclic amines) is 1. The van der Waals surface area contributed by atoms with Gasteiger partial charge in [0.05, 0.1) is 5.69 Å². The van der Waals surface area contributed by atoms with Crippen molar-refractivity contribution in [3.63, 3.8) is 0 Å². The smallest absolute Gasteiger partial charge is 0.255 e. The fraction of sp³-hybridized carbons (Fsp3) is 0.733. The Kier molecular flexibility index (Phi) is 4.26. The van der Waals surface area contributed by atoms with Crippen LogP contribution in [0.5, 0.6) is 0 Å². The highest BCUT2D eigenvalue weighted by atomic mass is 16.5. The number of rotatable bonds is 6. The van der Waals surface area contributed by atoms with Crippen molar-refractivity contribution in [2.24, 2.45) is 5.92 Å². The van der Waals surface area contributed by atoms with Gasteiger partial charge in [-0.25, -0.2) is 0 Å². The molecule has 2 aliphatic rings. The van der Waals surface area contributed by atoms with E-state index in [4.69, 9.17) is 4.52 Å². The van der Waals surface area contributed by atoms with Crippen LogP contribution in [0.15, 0.2) is 16.9 Å². The first-order chi connectivity index (χ1) is 10.2. The van der Waals surface area contributed by atoms with Gasteiger partial charge in [0, 0.05) is 32.2 Å². The first-order valence-corrected chi connectivity index (χ1v) is 7.79. The van der Waals surface area contributed by atoms with Crippen LogP contribution in [0.3, 0.4) is 0 Å². The number of piperidine rings is 1. The van der Waals surface area contributed by atoms with Crippen LogP contribution in [0.1, 0.15) is 37.8 Å². The summed E-state index contributed by atoms with van der Waals surface area (Å²) in [5.74, 6) is 0.521. The average Bonchev–Trinajstić information content (AvgIpc) is 2.92. The molecule has 6 heteroatoms. The molecule has 1 aliphatic carbocycles. The van der Waals surface area contributed by atoms with Gasteiger partial charge in [0.15, 0.2) is 5.60 Å². The Labute approximate surface area is 124 Å². The number of nitrogens with zero attached hydrogens (tertiary/aromatic N) is 2. The van der Waals surface area contributed by atoms with Gasteiger partial charge in [0.2, 0.25) is 0 Å². The van der Waals surface area contributed by atoms with E-state index in [2.05, 4.69) is 10.5 Å². The molecule has 1 amide bonds. The number of aliphatic hydroxyl groups is 1. The lowest BCUT2D eigenvalue weighted by atomic mass is 9.83. The SMILES string of the molecule is O=C1N(CC2CCC2)CCC[C@]1(O)CNCc1ccon1. The molecule has 1 aromatic heterocycles. The summed E-state index contributed by atoms with van der Waals surface area (Å²) >= 11 is 0. The van der Waals surface area contributed by atoms with Crippen LogP contribution in [-0.2, 0) is 11.3 Å². The highest BCUT2D eigenvalue weighted by molar-refractivity contribution is 5.86. The molecule has 0 radical (unpaired) electrons. The summed E-state index contributed by atoms with van der Waals surface area (Å²) in [5, 5.41) is 17.6. The van der Waals surface area contributed by atoms with E-state index < -0.39 is 5.60 Å². The lowest BCUT2D eigenvalue weighted by Crippen LogP contribution is -2.58. The van der Waals surface area contributed by atoms with Crippen molar-refractivity contribution in [3.8, 4) is 0 Å². The maximum Gasteiger partial charge on any atom is 0.255 e. The van der Waals surface area contributed by atoms with Crippen LogP contribution in [0, 0.1) is 5.92 Å². The molecule has 2 fully saturated rings. The zero-order valence-electron chi connectivity index (χ0n) is 12.3. The summed E-state index contributed by atoms with van der Waals surface area (Å²) in [6, 6.07) is 1.77. The first kappa shape index (κ1) is 14.5. The molecule has 0 aromatic carbocycles. The van der Waals surface area contributed by atoms with Gasteiger partial charge in [-0.05, 0) is 31.6 Å². The van der Waals surface area contributed by atoms with Crippen LogP contribution in [0.4, 0.5) is 0 Å². The van der Waals surface area contributed by atoms with Gasteiger partial charge in [-0.3, -0.25) is 4.79 Å². The zero-order chi connectivity index (χ0) is 14.7. The van der Waals surface area contributed by atoms with Crippen molar-refractivity contribution in [2.45, 2.75) is 44.2 Å². The molecule has 1 aliphatic heterocycles. The predicted molar refractivity (Wildman–Crippen MR) is 76.3 cm³/mol. The van der Waals surface area contributed by atoms with Crippen molar-refractivity contribution in [2.75, 3.05) is 19.6 Å². The van der Waals surface area contributed by atoms with Crippen LogP contribution in [-0.4, -0.2) is 46.3 Å². The molecular formula is C15H23N3O3. The summed E-state index contributed by atoms with van der Waals surface area (Å²) in [5.41, 5.74) is -0.501. The normalized spacial score (nSPS) is 26.9. The van der Waals surface area contributed by atoms with Gasteiger partial charge >= 0.3 is 0 Å². The van der Waals surface area contributed by atoms with E-state index in [1.54, 1.807) is 6.07 Å². The maximum atomic E-state index is 12.5. The molecular weight excluding hydrogens is 270 g/mol. The predicted octanol–water partition coefficient (Wildman–Crippen LogP) is 0.918. The molecule has 2 heterocycles. The van der Waals surface area contributed by atoms with Crippen LogP contribution < -0.4 is 5.32 Å². The summed E-state index contributed by atoms with van der Waals surface area (Å²) in [7, 11) is 0. The van der Waals surface area contributed by atoms with Crippen molar-refractivity contribution in [3.05, 3.63) is 18.0 Å². The second kappa shape index (κ2) is 6.15. The first-order valence-electron chi connectivity index (χ1n) is 7.79. The molecule has 1 atom stereocenters. The molecule has 6 nitrogen and oxygen atoms in total. The highest BCUT2D eigenvalue weighted by Gasteiger charge is 2.42. The number of carbonyl (C=O) groups is 1. The monoisotopic (exact) mass is 293 g/mol. The van der Waals surface area contributed by atoms with Gasteiger partial charge in [0.1, 0.15) is 6.26 Å². The average molecular weight is 293 g/mol. The number of hydrogen-bond donors (Lipinski definition) is 2. The third-order valence-corrected chi connectivity index (χ3v) is 4.62. The van der Waals surface area contributed by atoms with Crippen molar-refractivity contribution in [1.82, 2.24) is 15.4 Å². The van der Waals surface area contributed by atoms with E-state index >= 15 is 0 Å². The van der Waals surface area contributed by atoms with Crippen LogP contribution in [0.2, 0.25) is 0 Å². The topological polar surface area (TPSA) is 78.6 Å². The molecule has 0 spiro atoms. The molecule has 0 bridgehead atoms. The summed E-state index contributed by atoms with van der Waals surface area (Å²) < 4.78 is 4.76. The zero-order valence-corrected chi connectivity index (χ0v) is 12.3. The quantitative estimate of drug-likeness (QED) is 0.815. The second-order valence-electron chi connectivity index (χ2n) is 6.28. The largest absolute Gasteiger partial charge is 0.379 e. The third-order valence-electron chi connectivity index (χ3n) is 4.62. The highest BCUT2D eigenvalue weighted by Crippen LogP contribution is 2.30. The van der Waals surface area contributed by atoms with E-state index in [-0.39, 0.29) is 12.5 Å². The molecule has 1 saturated heterocycles. The molecule has 21 heavy (non-hydrogen) atoms. The summed E-state index contributed by atoms with van der Waals surface area (Å²) in [6.07, 6.45) is 6.60. The van der Waals surface area contributed by atoms with Crippen LogP contribution in [0.25, 0.3) is 0 Å². The Balaban J connectivity index is 1.52. The molecule has 3 rings (SSSR count). The van der Waals surface area contributed by atoms with Gasteiger partial charge in [0.25, 0.3) is 5.91 Å². The van der Waals surface area contributed by atoms with E-state index in [0.717, 1.165) is 25.2 Å². The minimum Gasteiger partial charge on any atom is -0.379 e. The maximum absolute atomic E-state index is 12.5. The summed E-state index contributed by atoms with van der Waals surface area (Å²) in [6.45, 7) is 2.35. The van der Waals surface area contributed by atoms with E-state index in [1.165, 1.54) is 25.5 Å². The standard InChI is InChI=1S/C15H23N3O3/c19-14-15(20,11-16-9-13-5-8-21-17-13)6-2-7-18(14)10-12-3-1-4-12/h5,8,12,16,20H,1-4,6-7,9-11H2/t15-/m0/s1. The number of nitrogens with one attached hydrogen (secondary N) is 1. The minimum absolute atomic E-state index is 0.117. The lowest BCUT2D eigenvalue weighted by molar-refractivity contribution is -0.157. The van der Waals surface area contributed by atoms with E-state index in [0.29, 0.717) is 18.9 Å². The van der Waals surface area contributed by atoms with Gasteiger partial charge in [-0.2, -0.15) is 0 Å². The number of hydrogen-bond acceptors (Lipinski definition) is 5. The summed E-state index contributed by atoms with van der Waals surface area (Å²) in [4.78, 5) is 14.4. The Hall–Kier alpha value is -1.40. The van der Waals surface area contributed by atoms with E-state index in [9.17, 15) is 9.90 Å². The Morgan fingerprint density at radius 3 is 3.00 bits per heavy atom. The molecule has 2 N–H and O–H groups in total. The third kappa shape index (κ3) is 3.27.